The predicted octanol–water partition coefficient (Wildman–Crippen LogP) is 4.82. The van der Waals surface area contributed by atoms with Crippen molar-refractivity contribution in [2.24, 2.45) is 17.3 Å². The third kappa shape index (κ3) is 2.89. The summed E-state index contributed by atoms with van der Waals surface area (Å²) in [7, 11) is 0. The summed E-state index contributed by atoms with van der Waals surface area (Å²) in [6.07, 6.45) is 11.7. The number of nitriles is 1. The van der Waals surface area contributed by atoms with E-state index in [0.717, 1.165) is 57.3 Å². The highest BCUT2D eigenvalue weighted by molar-refractivity contribution is 5.13. The molecule has 114 valence electrons. The number of aliphatic hydroxyl groups is 1. The minimum atomic E-state index is -0.723. The molecule has 2 aliphatic rings. The molecule has 2 heteroatoms. The molecule has 0 radical (unpaired) electrons. The molecule has 2 rings (SSSR count). The minimum Gasteiger partial charge on any atom is -0.388 e. The van der Waals surface area contributed by atoms with Gasteiger partial charge in [0.05, 0.1) is 17.1 Å². The Morgan fingerprint density at radius 2 is 1.65 bits per heavy atom. The van der Waals surface area contributed by atoms with Crippen molar-refractivity contribution in [3.05, 3.63) is 0 Å². The highest BCUT2D eigenvalue weighted by Gasteiger charge is 2.52. The van der Waals surface area contributed by atoms with Crippen LogP contribution in [0.15, 0.2) is 0 Å². The molecule has 2 nitrogen and oxygen atoms in total. The summed E-state index contributed by atoms with van der Waals surface area (Å²) in [6.45, 7) is 4.48. The van der Waals surface area contributed by atoms with E-state index in [4.69, 9.17) is 0 Å². The van der Waals surface area contributed by atoms with Crippen molar-refractivity contribution in [3.63, 3.8) is 0 Å². The number of nitrogens with zero attached hydrogens (tertiary/aromatic N) is 1. The van der Waals surface area contributed by atoms with E-state index in [-0.39, 0.29) is 0 Å². The standard InChI is InChI=1S/C18H31NO/c1-3-15-7-6-11-18(20,12-9-15)17(14-19)10-5-8-16(4-2)13-17/h15-16,20H,3-13H2,1-2H3. The van der Waals surface area contributed by atoms with Crippen molar-refractivity contribution >= 4 is 0 Å². The van der Waals surface area contributed by atoms with Gasteiger partial charge < -0.3 is 5.11 Å². The molecule has 0 aliphatic heterocycles. The Labute approximate surface area is 124 Å². The third-order valence-corrected chi connectivity index (χ3v) is 6.28. The summed E-state index contributed by atoms with van der Waals surface area (Å²) in [5, 5.41) is 21.2. The van der Waals surface area contributed by atoms with Gasteiger partial charge in [-0.25, -0.2) is 0 Å². The van der Waals surface area contributed by atoms with Gasteiger partial charge >= 0.3 is 0 Å². The minimum absolute atomic E-state index is 0.464. The van der Waals surface area contributed by atoms with Gasteiger partial charge in [-0.3, -0.25) is 0 Å². The molecular formula is C18H31NO. The van der Waals surface area contributed by atoms with Crippen molar-refractivity contribution in [2.75, 3.05) is 0 Å². The van der Waals surface area contributed by atoms with E-state index in [1.807, 2.05) is 0 Å². The molecule has 0 saturated heterocycles. The Kier molecular flexibility index (Phi) is 5.13. The molecule has 0 aromatic heterocycles. The van der Waals surface area contributed by atoms with E-state index in [2.05, 4.69) is 19.9 Å². The molecule has 2 aliphatic carbocycles. The Morgan fingerprint density at radius 3 is 2.30 bits per heavy atom. The molecule has 0 spiro atoms. The first kappa shape index (κ1) is 15.8. The van der Waals surface area contributed by atoms with Crippen molar-refractivity contribution in [1.29, 1.82) is 5.26 Å². The lowest BCUT2D eigenvalue weighted by Crippen LogP contribution is -2.49. The number of hydrogen-bond donors (Lipinski definition) is 1. The first-order chi connectivity index (χ1) is 9.59. The fraction of sp³-hybridized carbons (Fsp3) is 0.944. The molecular weight excluding hydrogens is 246 g/mol. The van der Waals surface area contributed by atoms with Crippen molar-refractivity contribution < 1.29 is 5.11 Å². The average molecular weight is 277 g/mol. The van der Waals surface area contributed by atoms with E-state index >= 15 is 0 Å². The van der Waals surface area contributed by atoms with Crippen molar-refractivity contribution in [1.82, 2.24) is 0 Å². The zero-order chi connectivity index (χ0) is 14.6. The summed E-state index contributed by atoms with van der Waals surface area (Å²) in [5.41, 5.74) is -1.19. The number of rotatable bonds is 3. The van der Waals surface area contributed by atoms with Gasteiger partial charge in [0.25, 0.3) is 0 Å². The molecule has 0 bridgehead atoms. The molecule has 0 aromatic carbocycles. The third-order valence-electron chi connectivity index (χ3n) is 6.28. The van der Waals surface area contributed by atoms with Gasteiger partial charge in [0.1, 0.15) is 0 Å². The first-order valence-electron chi connectivity index (χ1n) is 8.73. The van der Waals surface area contributed by atoms with E-state index in [1.54, 1.807) is 0 Å². The fourth-order valence-electron chi connectivity index (χ4n) is 4.65. The number of hydrogen-bond acceptors (Lipinski definition) is 2. The zero-order valence-electron chi connectivity index (χ0n) is 13.3. The maximum absolute atomic E-state index is 11.3. The van der Waals surface area contributed by atoms with Crippen LogP contribution in [-0.2, 0) is 0 Å². The van der Waals surface area contributed by atoms with Crippen LogP contribution >= 0.6 is 0 Å². The van der Waals surface area contributed by atoms with Gasteiger partial charge in [0.2, 0.25) is 0 Å². The Hall–Kier alpha value is -0.550. The van der Waals surface area contributed by atoms with Gasteiger partial charge in [-0.1, -0.05) is 52.4 Å². The Morgan fingerprint density at radius 1 is 1.00 bits per heavy atom. The van der Waals surface area contributed by atoms with E-state index in [9.17, 15) is 10.4 Å². The topological polar surface area (TPSA) is 44.0 Å². The van der Waals surface area contributed by atoms with Crippen LogP contribution in [0, 0.1) is 28.6 Å². The van der Waals surface area contributed by atoms with E-state index in [0.29, 0.717) is 5.92 Å². The van der Waals surface area contributed by atoms with Crippen LogP contribution in [0.3, 0.4) is 0 Å². The Balaban J connectivity index is 2.18. The maximum Gasteiger partial charge on any atom is 0.0862 e. The van der Waals surface area contributed by atoms with Gasteiger partial charge in [0.15, 0.2) is 0 Å². The van der Waals surface area contributed by atoms with Crippen LogP contribution in [-0.4, -0.2) is 10.7 Å². The normalized spacial score (nSPS) is 42.7. The molecule has 4 atom stereocenters. The van der Waals surface area contributed by atoms with Crippen LogP contribution < -0.4 is 0 Å². The Bertz CT molecular complexity index is 361. The molecule has 2 saturated carbocycles. The molecule has 0 amide bonds. The average Bonchev–Trinajstić information content (AvgIpc) is 2.70. The summed E-state index contributed by atoms with van der Waals surface area (Å²) < 4.78 is 0. The van der Waals surface area contributed by atoms with Gasteiger partial charge in [0, 0.05) is 0 Å². The lowest BCUT2D eigenvalue weighted by Gasteiger charge is -2.47. The highest BCUT2D eigenvalue weighted by Crippen LogP contribution is 2.52. The van der Waals surface area contributed by atoms with Gasteiger partial charge in [-0.05, 0) is 43.9 Å². The van der Waals surface area contributed by atoms with Crippen LogP contribution in [0.25, 0.3) is 0 Å². The largest absolute Gasteiger partial charge is 0.388 e. The van der Waals surface area contributed by atoms with Crippen LogP contribution in [0.1, 0.15) is 84.5 Å². The van der Waals surface area contributed by atoms with Crippen LogP contribution in [0.5, 0.6) is 0 Å². The maximum atomic E-state index is 11.3. The second-order valence-electron chi connectivity index (χ2n) is 7.30. The van der Waals surface area contributed by atoms with E-state index < -0.39 is 11.0 Å². The summed E-state index contributed by atoms with van der Waals surface area (Å²) in [5.74, 6) is 1.39. The quantitative estimate of drug-likeness (QED) is 0.752. The van der Waals surface area contributed by atoms with Crippen molar-refractivity contribution in [2.45, 2.75) is 90.1 Å². The van der Waals surface area contributed by atoms with E-state index in [1.165, 1.54) is 19.3 Å². The zero-order valence-corrected chi connectivity index (χ0v) is 13.3. The fourth-order valence-corrected chi connectivity index (χ4v) is 4.65. The molecule has 2 fully saturated rings. The lowest BCUT2D eigenvalue weighted by molar-refractivity contribution is -0.0927. The van der Waals surface area contributed by atoms with Gasteiger partial charge in [-0.2, -0.15) is 5.26 Å². The molecule has 1 N–H and O–H groups in total. The predicted molar refractivity (Wildman–Crippen MR) is 82.1 cm³/mol. The highest BCUT2D eigenvalue weighted by atomic mass is 16.3. The van der Waals surface area contributed by atoms with Crippen LogP contribution in [0.4, 0.5) is 0 Å². The second-order valence-corrected chi connectivity index (χ2v) is 7.30. The monoisotopic (exact) mass is 277 g/mol. The SMILES string of the molecule is CCC1CCCC(O)(C2(C#N)CCCC(CC)C2)CC1. The first-order valence-corrected chi connectivity index (χ1v) is 8.73. The van der Waals surface area contributed by atoms with Crippen molar-refractivity contribution in [3.8, 4) is 6.07 Å². The molecule has 0 heterocycles. The summed E-state index contributed by atoms with van der Waals surface area (Å²) in [6, 6.07) is 2.60. The molecule has 0 aromatic rings. The summed E-state index contributed by atoms with van der Waals surface area (Å²) >= 11 is 0. The second kappa shape index (κ2) is 6.48. The van der Waals surface area contributed by atoms with Crippen LogP contribution in [0.2, 0.25) is 0 Å². The summed E-state index contributed by atoms with van der Waals surface area (Å²) in [4.78, 5) is 0. The molecule has 20 heavy (non-hydrogen) atoms. The lowest BCUT2D eigenvalue weighted by atomic mass is 9.59. The smallest absolute Gasteiger partial charge is 0.0862 e. The molecule has 4 unspecified atom stereocenters. The van der Waals surface area contributed by atoms with Gasteiger partial charge in [-0.15, -0.1) is 0 Å².